The molecule has 102 valence electrons. The molecule has 0 aliphatic heterocycles. The molecule has 0 aliphatic carbocycles. The van der Waals surface area contributed by atoms with Crippen molar-refractivity contribution in [2.75, 3.05) is 27.8 Å². The average molecular weight is 251 g/mol. The van der Waals surface area contributed by atoms with Crippen molar-refractivity contribution in [1.82, 2.24) is 5.32 Å². The molecule has 1 N–H and O–H groups in total. The molecule has 0 heterocycles. The average Bonchev–Trinajstić information content (AvgIpc) is 2.37. The number of likely N-dealkylation sites (N-methyl/N-ethyl adjacent to an activating group) is 1. The molecule has 1 rings (SSSR count). The smallest absolute Gasteiger partial charge is 0.122 e. The lowest BCUT2D eigenvalue weighted by Crippen LogP contribution is -2.15. The first kappa shape index (κ1) is 14.8. The van der Waals surface area contributed by atoms with E-state index in [-0.39, 0.29) is 0 Å². The summed E-state index contributed by atoms with van der Waals surface area (Å²) in [6, 6.07) is 4.21. The van der Waals surface area contributed by atoms with E-state index in [1.165, 1.54) is 11.1 Å². The summed E-state index contributed by atoms with van der Waals surface area (Å²) in [7, 11) is 5.41. The molecule has 0 radical (unpaired) electrons. The highest BCUT2D eigenvalue weighted by Crippen LogP contribution is 2.36. The highest BCUT2D eigenvalue weighted by molar-refractivity contribution is 5.49. The standard InChI is InChI=1S/C15H25NO2/c1-10(2)12-7-15(18-6)13(8-14(12)17-5)11(3)9-16-4/h7-8,10-11,16H,9H2,1-6H3. The molecule has 18 heavy (non-hydrogen) atoms. The van der Waals surface area contributed by atoms with Gasteiger partial charge in [-0.2, -0.15) is 0 Å². The van der Waals surface area contributed by atoms with Crippen molar-refractivity contribution in [2.45, 2.75) is 32.6 Å². The molecule has 0 amide bonds. The van der Waals surface area contributed by atoms with Gasteiger partial charge < -0.3 is 14.8 Å². The van der Waals surface area contributed by atoms with E-state index in [4.69, 9.17) is 9.47 Å². The monoisotopic (exact) mass is 251 g/mol. The summed E-state index contributed by atoms with van der Waals surface area (Å²) in [6.45, 7) is 7.42. The summed E-state index contributed by atoms with van der Waals surface area (Å²) in [5.74, 6) is 2.70. The van der Waals surface area contributed by atoms with Crippen molar-refractivity contribution in [3.05, 3.63) is 23.3 Å². The Labute approximate surface area is 110 Å². The second-order valence-corrected chi connectivity index (χ2v) is 4.95. The molecule has 3 nitrogen and oxygen atoms in total. The van der Waals surface area contributed by atoms with Gasteiger partial charge >= 0.3 is 0 Å². The van der Waals surface area contributed by atoms with Crippen LogP contribution in [0.4, 0.5) is 0 Å². The van der Waals surface area contributed by atoms with E-state index < -0.39 is 0 Å². The van der Waals surface area contributed by atoms with Gasteiger partial charge in [-0.3, -0.25) is 0 Å². The molecule has 0 saturated heterocycles. The lowest BCUT2D eigenvalue weighted by Gasteiger charge is -2.20. The van der Waals surface area contributed by atoms with Crippen LogP contribution in [0.1, 0.15) is 43.7 Å². The van der Waals surface area contributed by atoms with Gasteiger partial charge in [-0.1, -0.05) is 20.8 Å². The largest absolute Gasteiger partial charge is 0.496 e. The Morgan fingerprint density at radius 3 is 1.94 bits per heavy atom. The van der Waals surface area contributed by atoms with E-state index in [1.54, 1.807) is 14.2 Å². The maximum absolute atomic E-state index is 5.52. The highest BCUT2D eigenvalue weighted by Gasteiger charge is 2.17. The minimum absolute atomic E-state index is 0.389. The third-order valence-corrected chi connectivity index (χ3v) is 3.25. The molecule has 0 fully saturated rings. The summed E-state index contributed by atoms with van der Waals surface area (Å²) in [5, 5.41) is 3.20. The van der Waals surface area contributed by atoms with Crippen molar-refractivity contribution in [1.29, 1.82) is 0 Å². The molecule has 0 aromatic heterocycles. The summed E-state index contributed by atoms with van der Waals surface area (Å²) >= 11 is 0. The van der Waals surface area contributed by atoms with Crippen LogP contribution in [-0.2, 0) is 0 Å². The van der Waals surface area contributed by atoms with Crippen molar-refractivity contribution >= 4 is 0 Å². The maximum atomic E-state index is 5.52. The molecular weight excluding hydrogens is 226 g/mol. The Morgan fingerprint density at radius 2 is 1.50 bits per heavy atom. The maximum Gasteiger partial charge on any atom is 0.122 e. The van der Waals surface area contributed by atoms with Crippen LogP contribution >= 0.6 is 0 Å². The van der Waals surface area contributed by atoms with E-state index in [9.17, 15) is 0 Å². The molecule has 1 aromatic rings. The zero-order valence-electron chi connectivity index (χ0n) is 12.3. The zero-order chi connectivity index (χ0) is 13.7. The van der Waals surface area contributed by atoms with Gasteiger partial charge in [0.2, 0.25) is 0 Å². The van der Waals surface area contributed by atoms with Gasteiger partial charge in [0.25, 0.3) is 0 Å². The number of nitrogens with one attached hydrogen (secondary N) is 1. The topological polar surface area (TPSA) is 30.5 Å². The Morgan fingerprint density at radius 1 is 1.00 bits per heavy atom. The molecule has 3 heteroatoms. The van der Waals surface area contributed by atoms with Crippen LogP contribution in [0.3, 0.4) is 0 Å². The van der Waals surface area contributed by atoms with Gasteiger partial charge in [-0.15, -0.1) is 0 Å². The van der Waals surface area contributed by atoms with Gasteiger partial charge in [0.15, 0.2) is 0 Å². The number of hydrogen-bond acceptors (Lipinski definition) is 3. The molecule has 1 unspecified atom stereocenters. The number of ether oxygens (including phenoxy) is 2. The fraction of sp³-hybridized carbons (Fsp3) is 0.600. The SMILES string of the molecule is CNCC(C)c1cc(OC)c(C(C)C)cc1OC. The van der Waals surface area contributed by atoms with Gasteiger partial charge in [0, 0.05) is 17.7 Å². The minimum atomic E-state index is 0.389. The lowest BCUT2D eigenvalue weighted by molar-refractivity contribution is 0.390. The summed E-state index contributed by atoms with van der Waals surface area (Å²) < 4.78 is 11.0. The summed E-state index contributed by atoms with van der Waals surface area (Å²) in [6.07, 6.45) is 0. The molecular formula is C15H25NO2. The van der Waals surface area contributed by atoms with Crippen LogP contribution in [0.5, 0.6) is 11.5 Å². The van der Waals surface area contributed by atoms with Crippen LogP contribution in [0.25, 0.3) is 0 Å². The first-order valence-electron chi connectivity index (χ1n) is 6.45. The zero-order valence-corrected chi connectivity index (χ0v) is 12.3. The molecule has 0 bridgehead atoms. The molecule has 0 aliphatic rings. The Balaban J connectivity index is 3.25. The van der Waals surface area contributed by atoms with Crippen LogP contribution in [0.2, 0.25) is 0 Å². The molecule has 0 saturated carbocycles. The first-order valence-corrected chi connectivity index (χ1v) is 6.45. The van der Waals surface area contributed by atoms with Crippen LogP contribution in [0.15, 0.2) is 12.1 Å². The predicted octanol–water partition coefficient (Wildman–Crippen LogP) is 3.15. The van der Waals surface area contributed by atoms with Crippen molar-refractivity contribution in [3.8, 4) is 11.5 Å². The van der Waals surface area contributed by atoms with Crippen LogP contribution < -0.4 is 14.8 Å². The van der Waals surface area contributed by atoms with Gasteiger partial charge in [-0.25, -0.2) is 0 Å². The van der Waals surface area contributed by atoms with Crippen LogP contribution in [0, 0.1) is 0 Å². The first-order chi connectivity index (χ1) is 8.54. The van der Waals surface area contributed by atoms with Crippen molar-refractivity contribution < 1.29 is 9.47 Å². The number of hydrogen-bond donors (Lipinski definition) is 1. The van der Waals surface area contributed by atoms with E-state index in [0.717, 1.165) is 18.0 Å². The van der Waals surface area contributed by atoms with E-state index in [2.05, 4.69) is 38.2 Å². The van der Waals surface area contributed by atoms with E-state index in [0.29, 0.717) is 11.8 Å². The quantitative estimate of drug-likeness (QED) is 0.842. The van der Waals surface area contributed by atoms with Crippen molar-refractivity contribution in [2.24, 2.45) is 0 Å². The van der Waals surface area contributed by atoms with Crippen LogP contribution in [-0.4, -0.2) is 27.8 Å². The second kappa shape index (κ2) is 6.64. The summed E-state index contributed by atoms with van der Waals surface area (Å²) in [5.41, 5.74) is 2.38. The molecule has 1 atom stereocenters. The van der Waals surface area contributed by atoms with E-state index in [1.807, 2.05) is 7.05 Å². The highest BCUT2D eigenvalue weighted by atomic mass is 16.5. The molecule has 0 spiro atoms. The summed E-state index contributed by atoms with van der Waals surface area (Å²) in [4.78, 5) is 0. The third kappa shape index (κ3) is 3.16. The number of methoxy groups -OCH3 is 2. The third-order valence-electron chi connectivity index (χ3n) is 3.25. The molecule has 1 aromatic carbocycles. The lowest BCUT2D eigenvalue weighted by atomic mass is 9.94. The Bertz CT molecular complexity index is 388. The Kier molecular flexibility index (Phi) is 5.48. The minimum Gasteiger partial charge on any atom is -0.496 e. The van der Waals surface area contributed by atoms with E-state index >= 15 is 0 Å². The fourth-order valence-electron chi connectivity index (χ4n) is 2.20. The normalized spacial score (nSPS) is 12.6. The van der Waals surface area contributed by atoms with Gasteiger partial charge in [0.05, 0.1) is 14.2 Å². The fourth-order valence-corrected chi connectivity index (χ4v) is 2.20. The van der Waals surface area contributed by atoms with Crippen molar-refractivity contribution in [3.63, 3.8) is 0 Å². The number of rotatable bonds is 6. The van der Waals surface area contributed by atoms with Gasteiger partial charge in [-0.05, 0) is 31.0 Å². The number of benzene rings is 1. The second-order valence-electron chi connectivity index (χ2n) is 4.95. The van der Waals surface area contributed by atoms with Gasteiger partial charge in [0.1, 0.15) is 11.5 Å². The predicted molar refractivity (Wildman–Crippen MR) is 76.0 cm³/mol. The Hall–Kier alpha value is -1.22.